The van der Waals surface area contributed by atoms with E-state index in [0.717, 1.165) is 5.56 Å². The van der Waals surface area contributed by atoms with Crippen LogP contribution in [-0.4, -0.2) is 5.97 Å². The van der Waals surface area contributed by atoms with Crippen LogP contribution in [-0.2, 0) is 4.79 Å². The molecule has 0 aliphatic rings. The van der Waals surface area contributed by atoms with E-state index in [1.807, 2.05) is 30.3 Å². The summed E-state index contributed by atoms with van der Waals surface area (Å²) in [5.74, 6) is 0.0258. The molecule has 0 spiro atoms. The van der Waals surface area contributed by atoms with Crippen LogP contribution in [0.5, 0.6) is 5.75 Å². The van der Waals surface area contributed by atoms with Gasteiger partial charge in [-0.05, 0) is 29.8 Å². The second kappa shape index (κ2) is 5.25. The van der Waals surface area contributed by atoms with Crippen molar-refractivity contribution >= 4 is 16.9 Å². The van der Waals surface area contributed by atoms with Crippen molar-refractivity contribution in [3.05, 3.63) is 65.0 Å². The van der Waals surface area contributed by atoms with Crippen molar-refractivity contribution in [2.75, 3.05) is 0 Å². The first kappa shape index (κ1) is 13.1. The van der Waals surface area contributed by atoms with E-state index in [1.165, 1.54) is 6.92 Å². The van der Waals surface area contributed by atoms with Gasteiger partial charge in [0, 0.05) is 12.3 Å². The first-order valence-corrected chi connectivity index (χ1v) is 6.45. The minimum atomic E-state index is -0.395. The lowest BCUT2D eigenvalue weighted by atomic mass is 10.1. The molecule has 3 rings (SSSR count). The number of ether oxygens (including phenoxy) is 1. The summed E-state index contributed by atoms with van der Waals surface area (Å²) in [6, 6.07) is 15.9. The smallest absolute Gasteiger partial charge is 0.344 e. The van der Waals surface area contributed by atoms with Gasteiger partial charge in [-0.2, -0.15) is 0 Å². The van der Waals surface area contributed by atoms with E-state index in [1.54, 1.807) is 24.3 Å². The summed E-state index contributed by atoms with van der Waals surface area (Å²) in [7, 11) is 0. The third kappa shape index (κ3) is 2.69. The molecule has 0 amide bonds. The average molecular weight is 280 g/mol. The molecule has 0 N–H and O–H groups in total. The fourth-order valence-electron chi connectivity index (χ4n) is 2.15. The van der Waals surface area contributed by atoms with E-state index < -0.39 is 11.6 Å². The second-order valence-electron chi connectivity index (χ2n) is 4.61. The number of hydrogen-bond donors (Lipinski definition) is 0. The number of fused-ring (bicyclic) bond motifs is 1. The summed E-state index contributed by atoms with van der Waals surface area (Å²) >= 11 is 0. The Kier molecular flexibility index (Phi) is 3.28. The third-order valence-corrected chi connectivity index (χ3v) is 3.05. The Morgan fingerprint density at radius 1 is 1.05 bits per heavy atom. The van der Waals surface area contributed by atoms with E-state index in [-0.39, 0.29) is 0 Å². The Morgan fingerprint density at radius 3 is 2.52 bits per heavy atom. The molecule has 0 saturated heterocycles. The minimum Gasteiger partial charge on any atom is -0.427 e. The third-order valence-electron chi connectivity index (χ3n) is 3.05. The summed E-state index contributed by atoms with van der Waals surface area (Å²) in [5.41, 5.74) is 1.32. The highest BCUT2D eigenvalue weighted by Crippen LogP contribution is 2.24. The van der Waals surface area contributed by atoms with Gasteiger partial charge in [-0.3, -0.25) is 4.79 Å². The van der Waals surface area contributed by atoms with Crippen molar-refractivity contribution in [3.8, 4) is 16.9 Å². The van der Waals surface area contributed by atoms with Crippen LogP contribution in [0.3, 0.4) is 0 Å². The molecule has 0 unspecified atom stereocenters. The first-order chi connectivity index (χ1) is 10.1. The van der Waals surface area contributed by atoms with Crippen LogP contribution in [0.25, 0.3) is 22.1 Å². The summed E-state index contributed by atoms with van der Waals surface area (Å²) in [6.45, 7) is 1.34. The molecule has 4 nitrogen and oxygen atoms in total. The molecule has 0 aliphatic carbocycles. The standard InChI is InChI=1S/C17H12O4/c1-11(18)20-14-7-8-16-13(9-14)10-15(17(19)21-16)12-5-3-2-4-6-12/h2-10H,1H3. The van der Waals surface area contributed by atoms with E-state index in [2.05, 4.69) is 0 Å². The van der Waals surface area contributed by atoms with Crippen molar-refractivity contribution in [2.24, 2.45) is 0 Å². The molecule has 1 heterocycles. The highest BCUT2D eigenvalue weighted by Gasteiger charge is 2.08. The van der Waals surface area contributed by atoms with Crippen LogP contribution < -0.4 is 10.4 Å². The zero-order chi connectivity index (χ0) is 14.8. The quantitative estimate of drug-likeness (QED) is 0.410. The van der Waals surface area contributed by atoms with Gasteiger partial charge in [-0.1, -0.05) is 30.3 Å². The second-order valence-corrected chi connectivity index (χ2v) is 4.61. The van der Waals surface area contributed by atoms with Crippen LogP contribution in [0.1, 0.15) is 6.92 Å². The molecule has 0 saturated carbocycles. The van der Waals surface area contributed by atoms with Gasteiger partial charge in [0.15, 0.2) is 0 Å². The summed E-state index contributed by atoms with van der Waals surface area (Å²) in [5, 5.41) is 0.701. The van der Waals surface area contributed by atoms with E-state index in [4.69, 9.17) is 9.15 Å². The number of carbonyl (C=O) groups excluding carboxylic acids is 1. The lowest BCUT2D eigenvalue weighted by molar-refractivity contribution is -0.131. The fraction of sp³-hybridized carbons (Fsp3) is 0.0588. The molecule has 21 heavy (non-hydrogen) atoms. The Morgan fingerprint density at radius 2 is 1.81 bits per heavy atom. The fourth-order valence-corrected chi connectivity index (χ4v) is 2.15. The van der Waals surface area contributed by atoms with E-state index >= 15 is 0 Å². The van der Waals surface area contributed by atoms with Gasteiger partial charge in [0.2, 0.25) is 0 Å². The molecule has 2 aromatic carbocycles. The molecule has 104 valence electrons. The van der Waals surface area contributed by atoms with E-state index in [9.17, 15) is 9.59 Å². The van der Waals surface area contributed by atoms with Crippen LogP contribution in [0.4, 0.5) is 0 Å². The van der Waals surface area contributed by atoms with Crippen LogP contribution in [0.2, 0.25) is 0 Å². The van der Waals surface area contributed by atoms with Crippen molar-refractivity contribution < 1.29 is 13.9 Å². The topological polar surface area (TPSA) is 56.5 Å². The number of hydrogen-bond acceptors (Lipinski definition) is 4. The molecule has 0 aliphatic heterocycles. The molecule has 4 heteroatoms. The Labute approximate surface area is 120 Å². The zero-order valence-electron chi connectivity index (χ0n) is 11.3. The molecule has 0 fully saturated rings. The Bertz CT molecular complexity index is 863. The van der Waals surface area contributed by atoms with Crippen molar-refractivity contribution in [2.45, 2.75) is 6.92 Å². The molecular formula is C17H12O4. The summed E-state index contributed by atoms with van der Waals surface area (Å²) in [6.07, 6.45) is 0. The number of esters is 1. The Balaban J connectivity index is 2.16. The van der Waals surface area contributed by atoms with Gasteiger partial charge in [0.05, 0.1) is 5.56 Å². The maximum atomic E-state index is 12.0. The molecule has 0 atom stereocenters. The maximum Gasteiger partial charge on any atom is 0.344 e. The molecule has 0 radical (unpaired) electrons. The summed E-state index contributed by atoms with van der Waals surface area (Å²) < 4.78 is 10.4. The molecular weight excluding hydrogens is 268 g/mol. The van der Waals surface area contributed by atoms with Crippen molar-refractivity contribution in [3.63, 3.8) is 0 Å². The number of benzene rings is 2. The van der Waals surface area contributed by atoms with Crippen LogP contribution in [0, 0.1) is 0 Å². The monoisotopic (exact) mass is 280 g/mol. The van der Waals surface area contributed by atoms with Gasteiger partial charge in [-0.15, -0.1) is 0 Å². The van der Waals surface area contributed by atoms with Gasteiger partial charge in [-0.25, -0.2) is 4.79 Å². The molecule has 0 bridgehead atoms. The molecule has 3 aromatic rings. The normalized spacial score (nSPS) is 10.5. The predicted molar refractivity (Wildman–Crippen MR) is 79.2 cm³/mol. The average Bonchev–Trinajstić information content (AvgIpc) is 2.47. The van der Waals surface area contributed by atoms with Gasteiger partial charge in [0.25, 0.3) is 0 Å². The minimum absolute atomic E-state index is 0.394. The largest absolute Gasteiger partial charge is 0.427 e. The van der Waals surface area contributed by atoms with Crippen LogP contribution in [0.15, 0.2) is 63.8 Å². The number of carbonyl (C=O) groups is 1. The lowest BCUT2D eigenvalue weighted by Gasteiger charge is -2.05. The van der Waals surface area contributed by atoms with Crippen molar-refractivity contribution in [1.82, 2.24) is 0 Å². The number of rotatable bonds is 2. The van der Waals surface area contributed by atoms with Gasteiger partial charge in [0.1, 0.15) is 11.3 Å². The SMILES string of the molecule is CC(=O)Oc1ccc2oc(=O)c(-c3ccccc3)cc2c1. The van der Waals surface area contributed by atoms with Gasteiger partial charge < -0.3 is 9.15 Å². The van der Waals surface area contributed by atoms with Crippen molar-refractivity contribution in [1.29, 1.82) is 0 Å². The zero-order valence-corrected chi connectivity index (χ0v) is 11.3. The highest BCUT2D eigenvalue weighted by atomic mass is 16.5. The maximum absolute atomic E-state index is 12.0. The van der Waals surface area contributed by atoms with E-state index in [0.29, 0.717) is 22.3 Å². The lowest BCUT2D eigenvalue weighted by Crippen LogP contribution is -2.03. The highest BCUT2D eigenvalue weighted by molar-refractivity contribution is 5.83. The Hall–Kier alpha value is -2.88. The first-order valence-electron chi connectivity index (χ1n) is 6.45. The summed E-state index contributed by atoms with van der Waals surface area (Å²) in [4.78, 5) is 23.0. The molecule has 1 aromatic heterocycles. The predicted octanol–water partition coefficient (Wildman–Crippen LogP) is 3.39. The van der Waals surface area contributed by atoms with Gasteiger partial charge >= 0.3 is 11.6 Å². The van der Waals surface area contributed by atoms with Crippen LogP contribution >= 0.6 is 0 Å².